The van der Waals surface area contributed by atoms with Crippen LogP contribution in [0.1, 0.15) is 31.1 Å². The average Bonchev–Trinajstić information content (AvgIpc) is 2.43. The fourth-order valence-corrected chi connectivity index (χ4v) is 2.55. The van der Waals surface area contributed by atoms with Crippen LogP contribution in [0.4, 0.5) is 10.1 Å². The molecule has 2 rings (SSSR count). The third-order valence-corrected chi connectivity index (χ3v) is 3.33. The van der Waals surface area contributed by atoms with Gasteiger partial charge < -0.3 is 5.32 Å². The zero-order chi connectivity index (χ0) is 12.8. The number of rotatable bonds is 1. The SMILES string of the molecule is CC(C)(C)Sc1cc2c(cc1F)C(=O)C(=O)N2. The number of hydrogen-bond donors (Lipinski definition) is 1. The Balaban J connectivity index is 2.44. The number of fused-ring (bicyclic) bond motifs is 1. The molecular formula is C12H12FNO2S. The van der Waals surface area contributed by atoms with Crippen molar-refractivity contribution in [3.63, 3.8) is 0 Å². The molecule has 1 heterocycles. The monoisotopic (exact) mass is 253 g/mol. The van der Waals surface area contributed by atoms with E-state index >= 15 is 0 Å². The van der Waals surface area contributed by atoms with Gasteiger partial charge in [0.1, 0.15) is 5.82 Å². The van der Waals surface area contributed by atoms with E-state index in [0.717, 1.165) is 6.07 Å². The lowest BCUT2D eigenvalue weighted by atomic mass is 10.1. The van der Waals surface area contributed by atoms with Crippen molar-refractivity contribution >= 4 is 29.1 Å². The third-order valence-electron chi connectivity index (χ3n) is 2.19. The second-order valence-electron chi connectivity index (χ2n) is 4.83. The molecule has 0 atom stereocenters. The third kappa shape index (κ3) is 2.34. The van der Waals surface area contributed by atoms with E-state index in [2.05, 4.69) is 5.32 Å². The van der Waals surface area contributed by atoms with Crippen LogP contribution in [0.15, 0.2) is 17.0 Å². The largest absolute Gasteiger partial charge is 0.318 e. The highest BCUT2D eigenvalue weighted by molar-refractivity contribution is 8.00. The number of amides is 1. The van der Waals surface area contributed by atoms with Gasteiger partial charge >= 0.3 is 0 Å². The average molecular weight is 253 g/mol. The van der Waals surface area contributed by atoms with E-state index in [1.807, 2.05) is 20.8 Å². The van der Waals surface area contributed by atoms with Gasteiger partial charge in [0.25, 0.3) is 11.7 Å². The molecule has 0 spiro atoms. The second kappa shape index (κ2) is 3.84. The minimum absolute atomic E-state index is 0.116. The van der Waals surface area contributed by atoms with Gasteiger partial charge in [-0.3, -0.25) is 9.59 Å². The number of ketones is 1. The number of halogens is 1. The van der Waals surface area contributed by atoms with Crippen molar-refractivity contribution in [3.05, 3.63) is 23.5 Å². The summed E-state index contributed by atoms with van der Waals surface area (Å²) in [5, 5.41) is 2.43. The summed E-state index contributed by atoms with van der Waals surface area (Å²) in [4.78, 5) is 22.9. The summed E-state index contributed by atoms with van der Waals surface area (Å²) >= 11 is 1.36. The first-order valence-corrected chi connectivity index (χ1v) is 5.98. The molecule has 90 valence electrons. The molecule has 0 radical (unpaired) electrons. The molecule has 0 aliphatic carbocycles. The van der Waals surface area contributed by atoms with Gasteiger partial charge in [-0.15, -0.1) is 11.8 Å². The highest BCUT2D eigenvalue weighted by Gasteiger charge is 2.30. The number of carbonyl (C=O) groups is 2. The summed E-state index contributed by atoms with van der Waals surface area (Å²) in [6.45, 7) is 5.90. The van der Waals surface area contributed by atoms with Crippen molar-refractivity contribution in [2.45, 2.75) is 30.4 Å². The van der Waals surface area contributed by atoms with E-state index in [4.69, 9.17) is 0 Å². The van der Waals surface area contributed by atoms with Gasteiger partial charge in [-0.25, -0.2) is 4.39 Å². The highest BCUT2D eigenvalue weighted by Crippen LogP contribution is 2.37. The van der Waals surface area contributed by atoms with Gasteiger partial charge in [-0.05, 0) is 12.1 Å². The van der Waals surface area contributed by atoms with Crippen LogP contribution in [0.5, 0.6) is 0 Å². The summed E-state index contributed by atoms with van der Waals surface area (Å²) in [6.07, 6.45) is 0. The molecular weight excluding hydrogens is 241 g/mol. The van der Waals surface area contributed by atoms with E-state index < -0.39 is 17.5 Å². The normalized spacial score (nSPS) is 14.8. The Bertz CT molecular complexity index is 520. The van der Waals surface area contributed by atoms with Crippen molar-refractivity contribution in [2.24, 2.45) is 0 Å². The maximum Gasteiger partial charge on any atom is 0.296 e. The molecule has 0 saturated carbocycles. The summed E-state index contributed by atoms with van der Waals surface area (Å²) < 4.78 is 13.6. The molecule has 1 amide bonds. The molecule has 0 saturated heterocycles. The smallest absolute Gasteiger partial charge is 0.296 e. The molecule has 0 unspecified atom stereocenters. The minimum Gasteiger partial charge on any atom is -0.318 e. The van der Waals surface area contributed by atoms with Gasteiger partial charge in [0.15, 0.2) is 0 Å². The Morgan fingerprint density at radius 1 is 1.24 bits per heavy atom. The van der Waals surface area contributed by atoms with Crippen molar-refractivity contribution in [3.8, 4) is 0 Å². The lowest BCUT2D eigenvalue weighted by Gasteiger charge is -2.18. The second-order valence-corrected chi connectivity index (χ2v) is 6.69. The number of thioether (sulfide) groups is 1. The Hall–Kier alpha value is -1.36. The standard InChI is InChI=1S/C12H12FNO2S/c1-12(2,3)17-9-5-8-6(4-7(9)13)10(15)11(16)14-8/h4-5H,1-3H3,(H,14,15,16). The van der Waals surface area contributed by atoms with E-state index in [-0.39, 0.29) is 10.3 Å². The van der Waals surface area contributed by atoms with E-state index in [1.54, 1.807) is 0 Å². The van der Waals surface area contributed by atoms with Crippen molar-refractivity contribution < 1.29 is 14.0 Å². The molecule has 0 aromatic heterocycles. The lowest BCUT2D eigenvalue weighted by Crippen LogP contribution is -2.12. The molecule has 5 heteroatoms. The lowest BCUT2D eigenvalue weighted by molar-refractivity contribution is -0.112. The predicted molar refractivity (Wildman–Crippen MR) is 65.0 cm³/mol. The van der Waals surface area contributed by atoms with Crippen LogP contribution < -0.4 is 5.32 Å². The molecule has 1 N–H and O–H groups in total. The molecule has 0 bridgehead atoms. The summed E-state index contributed by atoms with van der Waals surface area (Å²) in [5.74, 6) is -1.84. The number of hydrogen-bond acceptors (Lipinski definition) is 3. The Morgan fingerprint density at radius 3 is 2.47 bits per heavy atom. The predicted octanol–water partition coefficient (Wildman–Crippen LogP) is 2.85. The fraction of sp³-hybridized carbons (Fsp3) is 0.333. The minimum atomic E-state index is -0.697. The zero-order valence-electron chi connectivity index (χ0n) is 9.76. The van der Waals surface area contributed by atoms with Crippen LogP contribution in [0.25, 0.3) is 0 Å². The molecule has 1 aromatic rings. The number of carbonyl (C=O) groups excluding carboxylic acids is 2. The van der Waals surface area contributed by atoms with E-state index in [9.17, 15) is 14.0 Å². The van der Waals surface area contributed by atoms with Crippen LogP contribution in [-0.2, 0) is 4.79 Å². The Kier molecular flexibility index (Phi) is 2.73. The van der Waals surface area contributed by atoms with Crippen LogP contribution in [0.3, 0.4) is 0 Å². The van der Waals surface area contributed by atoms with Crippen LogP contribution in [-0.4, -0.2) is 16.4 Å². The quantitative estimate of drug-likeness (QED) is 0.618. The van der Waals surface area contributed by atoms with Crippen molar-refractivity contribution in [1.29, 1.82) is 0 Å². The first-order valence-electron chi connectivity index (χ1n) is 5.16. The zero-order valence-corrected chi connectivity index (χ0v) is 10.6. The molecule has 17 heavy (non-hydrogen) atoms. The number of benzene rings is 1. The molecule has 0 fully saturated rings. The number of Topliss-reactive ketones (excluding diaryl/α,β-unsaturated/α-hetero) is 1. The van der Waals surface area contributed by atoms with Crippen molar-refractivity contribution in [2.75, 3.05) is 5.32 Å². The molecule has 1 aromatic carbocycles. The van der Waals surface area contributed by atoms with Crippen molar-refractivity contribution in [1.82, 2.24) is 0 Å². The van der Waals surface area contributed by atoms with Gasteiger partial charge in [-0.1, -0.05) is 20.8 Å². The first-order chi connectivity index (χ1) is 7.78. The van der Waals surface area contributed by atoms with E-state index in [0.29, 0.717) is 10.6 Å². The Morgan fingerprint density at radius 2 is 1.88 bits per heavy atom. The summed E-state index contributed by atoms with van der Waals surface area (Å²) in [5.41, 5.74) is 0.513. The molecule has 1 aliphatic heterocycles. The summed E-state index contributed by atoms with van der Waals surface area (Å²) in [6, 6.07) is 2.65. The number of nitrogens with one attached hydrogen (secondary N) is 1. The number of anilines is 1. The van der Waals surface area contributed by atoms with Gasteiger partial charge in [0.2, 0.25) is 0 Å². The van der Waals surface area contributed by atoms with Crippen LogP contribution in [0.2, 0.25) is 0 Å². The maximum atomic E-state index is 13.8. The molecule has 3 nitrogen and oxygen atoms in total. The maximum absolute atomic E-state index is 13.8. The summed E-state index contributed by atoms with van der Waals surface area (Å²) in [7, 11) is 0. The van der Waals surface area contributed by atoms with Gasteiger partial charge in [0.05, 0.1) is 11.3 Å². The van der Waals surface area contributed by atoms with Gasteiger partial charge in [0, 0.05) is 9.64 Å². The fourth-order valence-electron chi connectivity index (χ4n) is 1.55. The van der Waals surface area contributed by atoms with Crippen LogP contribution in [0, 0.1) is 5.82 Å². The van der Waals surface area contributed by atoms with Gasteiger partial charge in [-0.2, -0.15) is 0 Å². The topological polar surface area (TPSA) is 46.2 Å². The Labute approximate surface area is 103 Å². The molecule has 1 aliphatic rings. The van der Waals surface area contributed by atoms with Crippen LogP contribution >= 0.6 is 11.8 Å². The van der Waals surface area contributed by atoms with E-state index in [1.165, 1.54) is 17.8 Å². The highest BCUT2D eigenvalue weighted by atomic mass is 32.2. The first kappa shape index (κ1) is 12.1.